The van der Waals surface area contributed by atoms with Gasteiger partial charge in [-0.3, -0.25) is 14.5 Å². The Balaban J connectivity index is 1.36. The first-order valence-corrected chi connectivity index (χ1v) is 11.7. The van der Waals surface area contributed by atoms with Gasteiger partial charge in [0.15, 0.2) is 0 Å². The van der Waals surface area contributed by atoms with Crippen molar-refractivity contribution in [1.82, 2.24) is 4.90 Å². The van der Waals surface area contributed by atoms with E-state index in [4.69, 9.17) is 32.7 Å². The van der Waals surface area contributed by atoms with Crippen LogP contribution in [0, 0.1) is 0 Å². The maximum absolute atomic E-state index is 12.7. The zero-order chi connectivity index (χ0) is 24.1. The molecule has 1 saturated heterocycles. The molecule has 0 saturated carbocycles. The summed E-state index contributed by atoms with van der Waals surface area (Å²) in [5.74, 6) is -0.0173. The Hall–Kier alpha value is -3.26. The molecule has 3 aromatic carbocycles. The highest BCUT2D eigenvalue weighted by molar-refractivity contribution is 8.18. The van der Waals surface area contributed by atoms with E-state index in [1.54, 1.807) is 48.5 Å². The number of ether oxygens (including phenoxy) is 2. The molecule has 1 aliphatic heterocycles. The number of carbonyl (C=O) groups is 3. The number of rotatable bonds is 7. The zero-order valence-corrected chi connectivity index (χ0v) is 19.9. The van der Waals surface area contributed by atoms with E-state index < -0.39 is 5.97 Å². The highest BCUT2D eigenvalue weighted by Crippen LogP contribution is 2.32. The zero-order valence-electron chi connectivity index (χ0n) is 17.6. The van der Waals surface area contributed by atoms with E-state index in [1.807, 2.05) is 18.2 Å². The van der Waals surface area contributed by atoms with Gasteiger partial charge in [0.1, 0.15) is 18.1 Å². The van der Waals surface area contributed by atoms with Crippen LogP contribution in [0.5, 0.6) is 11.5 Å². The number of carbonyl (C=O) groups excluding carboxylic acids is 3. The fraction of sp³-hybridized carbons (Fsp3) is 0.0800. The Morgan fingerprint density at radius 3 is 2.38 bits per heavy atom. The molecule has 1 fully saturated rings. The molecule has 0 spiro atoms. The maximum atomic E-state index is 12.7. The lowest BCUT2D eigenvalue weighted by molar-refractivity contribution is -0.123. The summed E-state index contributed by atoms with van der Waals surface area (Å²) < 4.78 is 10.9. The van der Waals surface area contributed by atoms with Crippen molar-refractivity contribution in [3.05, 3.63) is 98.9 Å². The molecule has 0 aromatic heterocycles. The fourth-order valence-electron chi connectivity index (χ4n) is 3.06. The minimum absolute atomic E-state index is 0.152. The largest absolute Gasteiger partial charge is 0.492 e. The van der Waals surface area contributed by atoms with Crippen LogP contribution in [0.3, 0.4) is 0 Å². The van der Waals surface area contributed by atoms with Crippen LogP contribution < -0.4 is 9.47 Å². The predicted octanol–water partition coefficient (Wildman–Crippen LogP) is 6.33. The Kier molecular flexibility index (Phi) is 7.57. The van der Waals surface area contributed by atoms with Gasteiger partial charge in [-0.15, -0.1) is 0 Å². The third-order valence-corrected chi connectivity index (χ3v) is 6.20. The Morgan fingerprint density at radius 2 is 1.68 bits per heavy atom. The van der Waals surface area contributed by atoms with E-state index in [9.17, 15) is 14.4 Å². The molecule has 0 bridgehead atoms. The van der Waals surface area contributed by atoms with Crippen molar-refractivity contribution in [2.75, 3.05) is 13.2 Å². The number of imide groups is 1. The summed E-state index contributed by atoms with van der Waals surface area (Å²) in [6, 6.07) is 20.2. The monoisotopic (exact) mass is 513 g/mol. The van der Waals surface area contributed by atoms with E-state index in [0.717, 1.165) is 16.7 Å². The van der Waals surface area contributed by atoms with Gasteiger partial charge in [-0.2, -0.15) is 0 Å². The molecule has 6 nitrogen and oxygen atoms in total. The van der Waals surface area contributed by atoms with Gasteiger partial charge in [-0.25, -0.2) is 4.79 Å². The number of benzene rings is 3. The number of amides is 2. The van der Waals surface area contributed by atoms with Crippen LogP contribution in [0.4, 0.5) is 4.79 Å². The third-order valence-electron chi connectivity index (χ3n) is 4.74. The highest BCUT2D eigenvalue weighted by Gasteiger charge is 2.34. The molecule has 34 heavy (non-hydrogen) atoms. The van der Waals surface area contributed by atoms with E-state index in [-0.39, 0.29) is 34.9 Å². The number of para-hydroxylation sites is 1. The minimum Gasteiger partial charge on any atom is -0.492 e. The third kappa shape index (κ3) is 5.80. The van der Waals surface area contributed by atoms with E-state index in [0.29, 0.717) is 27.0 Å². The first kappa shape index (κ1) is 23.9. The van der Waals surface area contributed by atoms with Gasteiger partial charge in [0.25, 0.3) is 11.1 Å². The SMILES string of the molecule is O=C(Oc1ccc(/C=C2\SC(=O)N(CCOc3ccccc3)C2=O)cc1)c1ccc(Cl)cc1Cl. The number of hydrogen-bond donors (Lipinski definition) is 0. The Bertz CT molecular complexity index is 1260. The second kappa shape index (κ2) is 10.8. The standard InChI is InChI=1S/C25H17Cl2NO5S/c26-17-8-11-20(21(27)15-17)24(30)33-19-9-6-16(7-10-19)14-22-23(29)28(25(31)34-22)12-13-32-18-4-2-1-3-5-18/h1-11,14-15H,12-13H2/b22-14-. The summed E-state index contributed by atoms with van der Waals surface area (Å²) in [5.41, 5.74) is 0.871. The van der Waals surface area contributed by atoms with Crippen LogP contribution in [0.25, 0.3) is 6.08 Å². The predicted molar refractivity (Wildman–Crippen MR) is 132 cm³/mol. The molecule has 0 aliphatic carbocycles. The summed E-state index contributed by atoms with van der Waals surface area (Å²) in [7, 11) is 0. The Labute approximate surface area is 210 Å². The van der Waals surface area contributed by atoms with Crippen molar-refractivity contribution < 1.29 is 23.9 Å². The molecular weight excluding hydrogens is 497 g/mol. The molecule has 0 unspecified atom stereocenters. The molecule has 0 N–H and O–H groups in total. The highest BCUT2D eigenvalue weighted by atomic mass is 35.5. The fourth-order valence-corrected chi connectivity index (χ4v) is 4.42. The lowest BCUT2D eigenvalue weighted by Gasteiger charge is -2.13. The van der Waals surface area contributed by atoms with Gasteiger partial charge < -0.3 is 9.47 Å². The van der Waals surface area contributed by atoms with Crippen molar-refractivity contribution in [3.8, 4) is 11.5 Å². The average molecular weight is 514 g/mol. The first-order valence-electron chi connectivity index (χ1n) is 10.1. The molecule has 1 heterocycles. The van der Waals surface area contributed by atoms with Gasteiger partial charge in [0.2, 0.25) is 0 Å². The number of halogens is 2. The summed E-state index contributed by atoms with van der Waals surface area (Å²) in [5, 5.41) is 0.261. The van der Waals surface area contributed by atoms with Crippen molar-refractivity contribution in [2.45, 2.75) is 0 Å². The van der Waals surface area contributed by atoms with E-state index in [1.165, 1.54) is 12.1 Å². The topological polar surface area (TPSA) is 72.9 Å². The number of esters is 1. The quantitative estimate of drug-likeness (QED) is 0.209. The lowest BCUT2D eigenvalue weighted by Crippen LogP contribution is -2.32. The molecule has 0 radical (unpaired) electrons. The van der Waals surface area contributed by atoms with Crippen LogP contribution in [0.1, 0.15) is 15.9 Å². The van der Waals surface area contributed by atoms with Gasteiger partial charge in [-0.05, 0) is 65.9 Å². The van der Waals surface area contributed by atoms with Gasteiger partial charge in [-0.1, -0.05) is 53.5 Å². The van der Waals surface area contributed by atoms with Crippen molar-refractivity contribution >= 4 is 58.2 Å². The van der Waals surface area contributed by atoms with Gasteiger partial charge in [0, 0.05) is 5.02 Å². The summed E-state index contributed by atoms with van der Waals surface area (Å²) >= 11 is 12.8. The van der Waals surface area contributed by atoms with E-state index >= 15 is 0 Å². The van der Waals surface area contributed by atoms with Crippen LogP contribution in [-0.4, -0.2) is 35.2 Å². The first-order chi connectivity index (χ1) is 16.4. The van der Waals surface area contributed by atoms with Crippen LogP contribution in [-0.2, 0) is 4.79 Å². The number of hydrogen-bond acceptors (Lipinski definition) is 6. The summed E-state index contributed by atoms with van der Waals surface area (Å²) in [6.07, 6.45) is 1.62. The van der Waals surface area contributed by atoms with Crippen LogP contribution in [0.2, 0.25) is 10.0 Å². The minimum atomic E-state index is -0.617. The average Bonchev–Trinajstić information content (AvgIpc) is 3.08. The molecule has 0 atom stereocenters. The normalized spacial score (nSPS) is 14.5. The second-order valence-corrected chi connectivity index (χ2v) is 8.91. The Morgan fingerprint density at radius 1 is 0.941 bits per heavy atom. The molecule has 172 valence electrons. The van der Waals surface area contributed by atoms with E-state index in [2.05, 4.69) is 0 Å². The molecular formula is C25H17Cl2NO5S. The molecule has 4 rings (SSSR count). The van der Waals surface area contributed by atoms with Gasteiger partial charge in [0.05, 0.1) is 22.0 Å². The van der Waals surface area contributed by atoms with Crippen LogP contribution >= 0.6 is 35.0 Å². The number of nitrogens with zero attached hydrogens (tertiary/aromatic N) is 1. The van der Waals surface area contributed by atoms with Crippen LogP contribution in [0.15, 0.2) is 77.7 Å². The summed E-state index contributed by atoms with van der Waals surface area (Å²) in [4.78, 5) is 38.7. The van der Waals surface area contributed by atoms with Crippen molar-refractivity contribution in [1.29, 1.82) is 0 Å². The van der Waals surface area contributed by atoms with Gasteiger partial charge >= 0.3 is 5.97 Å². The molecule has 1 aliphatic rings. The van der Waals surface area contributed by atoms with Crippen molar-refractivity contribution in [3.63, 3.8) is 0 Å². The maximum Gasteiger partial charge on any atom is 0.345 e. The second-order valence-electron chi connectivity index (χ2n) is 7.08. The molecule has 2 amide bonds. The number of thioether (sulfide) groups is 1. The molecule has 9 heteroatoms. The molecule has 3 aromatic rings. The smallest absolute Gasteiger partial charge is 0.345 e. The summed E-state index contributed by atoms with van der Waals surface area (Å²) in [6.45, 7) is 0.353. The van der Waals surface area contributed by atoms with Crippen molar-refractivity contribution in [2.24, 2.45) is 0 Å². The lowest BCUT2D eigenvalue weighted by atomic mass is 10.2.